The lowest BCUT2D eigenvalue weighted by molar-refractivity contribution is -0.114. The van der Waals surface area contributed by atoms with Gasteiger partial charge in [-0.25, -0.2) is 4.98 Å². The molecule has 1 atom stereocenters. The van der Waals surface area contributed by atoms with E-state index in [2.05, 4.69) is 10.3 Å². The summed E-state index contributed by atoms with van der Waals surface area (Å²) in [6.07, 6.45) is 0. The van der Waals surface area contributed by atoms with Crippen molar-refractivity contribution in [3.8, 4) is 0 Å². The molecule has 0 aliphatic heterocycles. The third-order valence-electron chi connectivity index (χ3n) is 3.73. The van der Waals surface area contributed by atoms with Crippen molar-refractivity contribution in [2.75, 3.05) is 5.32 Å². The molecule has 0 aliphatic rings. The number of carbonyl (C=O) groups excluding carboxylic acids is 2. The number of benzene rings is 2. The Balaban J connectivity index is 1.71. The highest BCUT2D eigenvalue weighted by Gasteiger charge is 2.17. The van der Waals surface area contributed by atoms with Gasteiger partial charge in [-0.2, -0.15) is 0 Å². The predicted octanol–water partition coefficient (Wildman–Crippen LogP) is 4.56. The Bertz CT molecular complexity index is 922. The number of anilines is 1. The first-order valence-corrected chi connectivity index (χ1v) is 8.85. The maximum Gasteiger partial charge on any atom is 0.221 e. The fourth-order valence-electron chi connectivity index (χ4n) is 2.50. The Morgan fingerprint density at radius 1 is 1.00 bits per heavy atom. The molecule has 0 radical (unpaired) electrons. The predicted molar refractivity (Wildman–Crippen MR) is 102 cm³/mol. The second-order valence-electron chi connectivity index (χ2n) is 5.73. The molecule has 0 saturated heterocycles. The first kappa shape index (κ1) is 17.2. The van der Waals surface area contributed by atoms with E-state index in [0.717, 1.165) is 15.9 Å². The molecular weight excluding hydrogens is 332 g/mol. The summed E-state index contributed by atoms with van der Waals surface area (Å²) in [7, 11) is 0. The zero-order chi connectivity index (χ0) is 17.8. The summed E-state index contributed by atoms with van der Waals surface area (Å²) in [5, 5.41) is 4.35. The molecule has 2 aromatic carbocycles. The van der Waals surface area contributed by atoms with Crippen LogP contribution in [0.5, 0.6) is 0 Å². The lowest BCUT2D eigenvalue weighted by Crippen LogP contribution is -2.14. The van der Waals surface area contributed by atoms with Crippen LogP contribution in [0, 0.1) is 0 Å². The van der Waals surface area contributed by atoms with Crippen LogP contribution in [-0.2, 0) is 4.79 Å². The van der Waals surface area contributed by atoms with Crippen molar-refractivity contribution in [2.45, 2.75) is 24.1 Å². The van der Waals surface area contributed by atoms with Crippen molar-refractivity contribution < 1.29 is 9.59 Å². The first-order valence-electron chi connectivity index (χ1n) is 7.97. The van der Waals surface area contributed by atoms with Crippen LogP contribution in [0.3, 0.4) is 0 Å². The Kier molecular flexibility index (Phi) is 5.14. The molecule has 0 bridgehead atoms. The van der Waals surface area contributed by atoms with E-state index < -0.39 is 0 Å². The molecule has 0 saturated carbocycles. The van der Waals surface area contributed by atoms with Crippen molar-refractivity contribution in [1.82, 2.24) is 4.98 Å². The fraction of sp³-hybridized carbons (Fsp3) is 0.150. The molecule has 1 heterocycles. The van der Waals surface area contributed by atoms with Gasteiger partial charge in [0.15, 0.2) is 5.78 Å². The number of para-hydroxylation sites is 1. The lowest BCUT2D eigenvalue weighted by Gasteiger charge is -2.11. The normalized spacial score (nSPS) is 11.9. The van der Waals surface area contributed by atoms with Crippen LogP contribution in [0.1, 0.15) is 24.2 Å². The largest absolute Gasteiger partial charge is 0.326 e. The molecule has 0 spiro atoms. The second kappa shape index (κ2) is 7.49. The number of aromatic nitrogens is 1. The quantitative estimate of drug-likeness (QED) is 0.541. The van der Waals surface area contributed by atoms with Gasteiger partial charge in [0.05, 0.1) is 15.8 Å². The van der Waals surface area contributed by atoms with E-state index in [1.807, 2.05) is 43.3 Å². The number of thioether (sulfide) groups is 1. The van der Waals surface area contributed by atoms with Crippen LogP contribution in [0.25, 0.3) is 10.9 Å². The number of nitrogens with one attached hydrogen (secondary N) is 1. The van der Waals surface area contributed by atoms with Crippen LogP contribution < -0.4 is 5.32 Å². The molecule has 1 amide bonds. The highest BCUT2D eigenvalue weighted by atomic mass is 32.2. The number of pyridine rings is 1. The number of hydrogen-bond donors (Lipinski definition) is 1. The minimum Gasteiger partial charge on any atom is -0.326 e. The summed E-state index contributed by atoms with van der Waals surface area (Å²) >= 11 is 1.45. The van der Waals surface area contributed by atoms with E-state index in [-0.39, 0.29) is 16.9 Å². The van der Waals surface area contributed by atoms with Crippen molar-refractivity contribution in [3.05, 3.63) is 66.2 Å². The molecule has 1 unspecified atom stereocenters. The minimum atomic E-state index is -0.250. The summed E-state index contributed by atoms with van der Waals surface area (Å²) in [6.45, 7) is 3.33. The van der Waals surface area contributed by atoms with Gasteiger partial charge < -0.3 is 5.32 Å². The highest BCUT2D eigenvalue weighted by Crippen LogP contribution is 2.26. The van der Waals surface area contributed by atoms with Gasteiger partial charge in [-0.1, -0.05) is 36.0 Å². The first-order chi connectivity index (χ1) is 12.0. The Labute approximate surface area is 150 Å². The van der Waals surface area contributed by atoms with E-state index in [1.54, 1.807) is 24.3 Å². The summed E-state index contributed by atoms with van der Waals surface area (Å²) in [4.78, 5) is 28.3. The van der Waals surface area contributed by atoms with E-state index in [0.29, 0.717) is 11.3 Å². The lowest BCUT2D eigenvalue weighted by atomic mass is 10.1. The molecule has 25 heavy (non-hydrogen) atoms. The third-order valence-corrected chi connectivity index (χ3v) is 4.77. The van der Waals surface area contributed by atoms with Crippen molar-refractivity contribution in [1.29, 1.82) is 0 Å². The number of ketones is 1. The van der Waals surface area contributed by atoms with Gasteiger partial charge in [-0.05, 0) is 43.3 Å². The molecule has 3 aromatic rings. The van der Waals surface area contributed by atoms with Crippen LogP contribution in [0.4, 0.5) is 5.69 Å². The summed E-state index contributed by atoms with van der Waals surface area (Å²) in [5.41, 5.74) is 2.22. The Morgan fingerprint density at radius 3 is 2.44 bits per heavy atom. The number of Topliss-reactive ketones (excluding diaryl/α,β-unsaturated/α-hetero) is 1. The number of amides is 1. The van der Waals surface area contributed by atoms with Crippen LogP contribution in [-0.4, -0.2) is 21.9 Å². The van der Waals surface area contributed by atoms with Gasteiger partial charge in [0.25, 0.3) is 0 Å². The zero-order valence-corrected chi connectivity index (χ0v) is 14.8. The van der Waals surface area contributed by atoms with E-state index in [1.165, 1.54) is 18.7 Å². The van der Waals surface area contributed by atoms with Crippen molar-refractivity contribution >= 4 is 40.0 Å². The van der Waals surface area contributed by atoms with E-state index in [9.17, 15) is 9.59 Å². The maximum atomic E-state index is 12.6. The van der Waals surface area contributed by atoms with Crippen LogP contribution >= 0.6 is 11.8 Å². The highest BCUT2D eigenvalue weighted by molar-refractivity contribution is 8.00. The topological polar surface area (TPSA) is 59.1 Å². The molecule has 1 N–H and O–H groups in total. The van der Waals surface area contributed by atoms with E-state index >= 15 is 0 Å². The zero-order valence-electron chi connectivity index (χ0n) is 14.0. The molecule has 0 fully saturated rings. The van der Waals surface area contributed by atoms with Gasteiger partial charge in [-0.3, -0.25) is 9.59 Å². The molecule has 4 nitrogen and oxygen atoms in total. The molecule has 5 heteroatoms. The molecule has 126 valence electrons. The molecule has 0 aliphatic carbocycles. The third kappa shape index (κ3) is 4.25. The number of fused-ring (bicyclic) bond motifs is 1. The monoisotopic (exact) mass is 350 g/mol. The van der Waals surface area contributed by atoms with Crippen molar-refractivity contribution in [2.24, 2.45) is 0 Å². The van der Waals surface area contributed by atoms with Gasteiger partial charge in [0, 0.05) is 23.6 Å². The summed E-state index contributed by atoms with van der Waals surface area (Å²) < 4.78 is 0. The van der Waals surface area contributed by atoms with Crippen LogP contribution in [0.2, 0.25) is 0 Å². The molecule has 1 aromatic heterocycles. The van der Waals surface area contributed by atoms with Gasteiger partial charge in [0.1, 0.15) is 0 Å². The van der Waals surface area contributed by atoms with Gasteiger partial charge in [0.2, 0.25) is 5.91 Å². The SMILES string of the molecule is CC(=O)Nc1ccc(C(=O)C(C)Sc2ccc3ccccc3n2)cc1. The van der Waals surface area contributed by atoms with Crippen LogP contribution in [0.15, 0.2) is 65.7 Å². The summed E-state index contributed by atoms with van der Waals surface area (Å²) in [6, 6.07) is 18.8. The minimum absolute atomic E-state index is 0.0364. The Hall–Kier alpha value is -2.66. The maximum absolute atomic E-state index is 12.6. The van der Waals surface area contributed by atoms with Gasteiger partial charge in [-0.15, -0.1) is 0 Å². The fourth-order valence-corrected chi connectivity index (χ4v) is 3.41. The molecule has 3 rings (SSSR count). The average molecular weight is 350 g/mol. The Morgan fingerprint density at radius 2 is 1.72 bits per heavy atom. The number of hydrogen-bond acceptors (Lipinski definition) is 4. The second-order valence-corrected chi connectivity index (χ2v) is 7.09. The number of rotatable bonds is 5. The summed E-state index contributed by atoms with van der Waals surface area (Å²) in [5.74, 6) is -0.0975. The smallest absolute Gasteiger partial charge is 0.221 e. The van der Waals surface area contributed by atoms with Crippen molar-refractivity contribution in [3.63, 3.8) is 0 Å². The standard InChI is InChI=1S/C20H18N2O2S/c1-13(20(24)16-7-10-17(11-8-16)21-14(2)23)25-19-12-9-15-5-3-4-6-18(15)22-19/h3-13H,1-2H3,(H,21,23). The van der Waals surface area contributed by atoms with E-state index in [4.69, 9.17) is 0 Å². The molecular formula is C20H18N2O2S. The average Bonchev–Trinajstić information content (AvgIpc) is 2.61. The number of carbonyl (C=O) groups is 2. The van der Waals surface area contributed by atoms with Gasteiger partial charge >= 0.3 is 0 Å². The number of nitrogens with zero attached hydrogens (tertiary/aromatic N) is 1.